The van der Waals surface area contributed by atoms with Crippen LogP contribution in [0.5, 0.6) is 0 Å². The van der Waals surface area contributed by atoms with Crippen LogP contribution in [-0.2, 0) is 11.3 Å². The summed E-state index contributed by atoms with van der Waals surface area (Å²) in [6, 6.07) is 2.02. The SMILES string of the molecule is CN(Cc1ccnc(Cl)n1)CC1CCCCN1C(=O)OC(C)(C)C. The highest BCUT2D eigenvalue weighted by Crippen LogP contribution is 2.21. The molecule has 0 spiro atoms. The first-order valence-corrected chi connectivity index (χ1v) is 8.78. The van der Waals surface area contributed by atoms with E-state index in [-0.39, 0.29) is 17.4 Å². The van der Waals surface area contributed by atoms with E-state index < -0.39 is 5.60 Å². The lowest BCUT2D eigenvalue weighted by Gasteiger charge is -2.38. The minimum absolute atomic E-state index is 0.163. The van der Waals surface area contributed by atoms with Crippen LogP contribution < -0.4 is 0 Å². The first-order chi connectivity index (χ1) is 11.2. The molecule has 1 atom stereocenters. The number of hydrogen-bond acceptors (Lipinski definition) is 5. The summed E-state index contributed by atoms with van der Waals surface area (Å²) < 4.78 is 5.55. The molecule has 0 radical (unpaired) electrons. The summed E-state index contributed by atoms with van der Waals surface area (Å²) in [6.45, 7) is 7.90. The maximum absolute atomic E-state index is 12.5. The van der Waals surface area contributed by atoms with Crippen LogP contribution in [0.4, 0.5) is 4.79 Å². The third-order valence-corrected chi connectivity index (χ3v) is 4.08. The van der Waals surface area contributed by atoms with Crippen molar-refractivity contribution in [1.82, 2.24) is 19.8 Å². The molecule has 134 valence electrons. The van der Waals surface area contributed by atoms with Crippen molar-refractivity contribution in [2.75, 3.05) is 20.1 Å². The number of ether oxygens (including phenoxy) is 1. The minimum atomic E-state index is -0.470. The quantitative estimate of drug-likeness (QED) is 0.776. The van der Waals surface area contributed by atoms with Crippen molar-refractivity contribution in [1.29, 1.82) is 0 Å². The van der Waals surface area contributed by atoms with Gasteiger partial charge in [0.15, 0.2) is 0 Å². The van der Waals surface area contributed by atoms with Crippen LogP contribution in [0.15, 0.2) is 12.3 Å². The molecule has 6 nitrogen and oxygen atoms in total. The molecule has 1 aromatic heterocycles. The summed E-state index contributed by atoms with van der Waals surface area (Å²) in [7, 11) is 2.03. The lowest BCUT2D eigenvalue weighted by molar-refractivity contribution is 0.00583. The van der Waals surface area contributed by atoms with Gasteiger partial charge in [-0.05, 0) is 64.7 Å². The Morgan fingerprint density at radius 1 is 1.46 bits per heavy atom. The minimum Gasteiger partial charge on any atom is -0.444 e. The topological polar surface area (TPSA) is 58.6 Å². The normalized spacial score (nSPS) is 18.8. The molecule has 1 amide bonds. The second-order valence-electron chi connectivity index (χ2n) is 7.34. The smallest absolute Gasteiger partial charge is 0.410 e. The molecule has 24 heavy (non-hydrogen) atoms. The predicted octanol–water partition coefficient (Wildman–Crippen LogP) is 3.35. The van der Waals surface area contributed by atoms with Crippen molar-refractivity contribution in [2.24, 2.45) is 0 Å². The second-order valence-corrected chi connectivity index (χ2v) is 7.68. The fourth-order valence-electron chi connectivity index (χ4n) is 2.91. The molecule has 1 aliphatic heterocycles. The van der Waals surface area contributed by atoms with Crippen LogP contribution in [-0.4, -0.2) is 57.6 Å². The maximum Gasteiger partial charge on any atom is 0.410 e. The van der Waals surface area contributed by atoms with E-state index in [4.69, 9.17) is 16.3 Å². The zero-order valence-corrected chi connectivity index (χ0v) is 15.7. The van der Waals surface area contributed by atoms with Gasteiger partial charge in [0.05, 0.1) is 5.69 Å². The van der Waals surface area contributed by atoms with Gasteiger partial charge in [-0.2, -0.15) is 0 Å². The van der Waals surface area contributed by atoms with Crippen molar-refractivity contribution >= 4 is 17.7 Å². The second kappa shape index (κ2) is 8.12. The van der Waals surface area contributed by atoms with E-state index in [2.05, 4.69) is 14.9 Å². The van der Waals surface area contributed by atoms with Crippen molar-refractivity contribution < 1.29 is 9.53 Å². The molecule has 0 bridgehead atoms. The van der Waals surface area contributed by atoms with Crippen molar-refractivity contribution in [2.45, 2.75) is 58.2 Å². The van der Waals surface area contributed by atoms with Crippen LogP contribution in [0.2, 0.25) is 5.28 Å². The van der Waals surface area contributed by atoms with E-state index in [1.165, 1.54) is 0 Å². The Bertz CT molecular complexity index is 562. The molecule has 2 rings (SSSR count). The Morgan fingerprint density at radius 2 is 2.21 bits per heavy atom. The zero-order chi connectivity index (χ0) is 17.7. The number of hydrogen-bond donors (Lipinski definition) is 0. The van der Waals surface area contributed by atoms with E-state index in [0.29, 0.717) is 6.54 Å². The molecule has 0 N–H and O–H groups in total. The summed E-state index contributed by atoms with van der Waals surface area (Å²) in [5.41, 5.74) is 0.403. The number of amides is 1. The molecule has 1 unspecified atom stereocenters. The van der Waals surface area contributed by atoms with Gasteiger partial charge in [-0.25, -0.2) is 14.8 Å². The molecule has 0 aliphatic carbocycles. The zero-order valence-electron chi connectivity index (χ0n) is 15.0. The fourth-order valence-corrected chi connectivity index (χ4v) is 3.07. The van der Waals surface area contributed by atoms with Gasteiger partial charge in [0.2, 0.25) is 5.28 Å². The number of piperidine rings is 1. The Labute approximate surface area is 149 Å². The third kappa shape index (κ3) is 5.91. The largest absolute Gasteiger partial charge is 0.444 e. The molecular weight excluding hydrogens is 328 g/mol. The summed E-state index contributed by atoms with van der Waals surface area (Å²) in [6.07, 6.45) is 4.60. The van der Waals surface area contributed by atoms with E-state index in [9.17, 15) is 4.79 Å². The lowest BCUT2D eigenvalue weighted by Crippen LogP contribution is -2.50. The number of carbonyl (C=O) groups is 1. The van der Waals surface area contributed by atoms with Crippen molar-refractivity contribution in [3.63, 3.8) is 0 Å². The van der Waals surface area contributed by atoms with Crippen LogP contribution in [0.3, 0.4) is 0 Å². The summed E-state index contributed by atoms with van der Waals surface area (Å²) in [5, 5.41) is 0.258. The van der Waals surface area contributed by atoms with Crippen molar-refractivity contribution in [3.8, 4) is 0 Å². The van der Waals surface area contributed by atoms with E-state index in [0.717, 1.165) is 38.0 Å². The third-order valence-electron chi connectivity index (χ3n) is 3.89. The van der Waals surface area contributed by atoms with Gasteiger partial charge >= 0.3 is 6.09 Å². The number of likely N-dealkylation sites (tertiary alicyclic amines) is 1. The average molecular weight is 355 g/mol. The summed E-state index contributed by atoms with van der Waals surface area (Å²) >= 11 is 5.84. The average Bonchev–Trinajstić information content (AvgIpc) is 2.45. The van der Waals surface area contributed by atoms with Gasteiger partial charge in [-0.3, -0.25) is 4.90 Å². The van der Waals surface area contributed by atoms with Crippen LogP contribution in [0.25, 0.3) is 0 Å². The monoisotopic (exact) mass is 354 g/mol. The Kier molecular flexibility index (Phi) is 6.40. The van der Waals surface area contributed by atoms with E-state index in [1.54, 1.807) is 6.20 Å². The summed E-state index contributed by atoms with van der Waals surface area (Å²) in [5.74, 6) is 0. The van der Waals surface area contributed by atoms with Crippen LogP contribution >= 0.6 is 11.6 Å². The number of rotatable bonds is 4. The molecule has 0 aromatic carbocycles. The first-order valence-electron chi connectivity index (χ1n) is 8.40. The van der Waals surface area contributed by atoms with E-state index in [1.807, 2.05) is 38.8 Å². The molecule has 7 heteroatoms. The van der Waals surface area contributed by atoms with Crippen LogP contribution in [0.1, 0.15) is 45.7 Å². The number of aromatic nitrogens is 2. The highest BCUT2D eigenvalue weighted by molar-refractivity contribution is 6.28. The predicted molar refractivity (Wildman–Crippen MR) is 94.0 cm³/mol. The molecule has 1 aliphatic rings. The van der Waals surface area contributed by atoms with Gasteiger partial charge in [0.25, 0.3) is 0 Å². The van der Waals surface area contributed by atoms with Gasteiger partial charge in [0.1, 0.15) is 5.60 Å². The molecule has 1 fully saturated rings. The van der Waals surface area contributed by atoms with E-state index >= 15 is 0 Å². The van der Waals surface area contributed by atoms with Crippen LogP contribution in [0, 0.1) is 0 Å². The van der Waals surface area contributed by atoms with Gasteiger partial charge < -0.3 is 9.64 Å². The highest BCUT2D eigenvalue weighted by Gasteiger charge is 2.31. The lowest BCUT2D eigenvalue weighted by atomic mass is 10.0. The number of likely N-dealkylation sites (N-methyl/N-ethyl adjacent to an activating group) is 1. The molecular formula is C17H27ClN4O2. The molecule has 1 aromatic rings. The van der Waals surface area contributed by atoms with Gasteiger partial charge in [-0.15, -0.1) is 0 Å². The Morgan fingerprint density at radius 3 is 2.88 bits per heavy atom. The molecule has 0 saturated carbocycles. The first kappa shape index (κ1) is 18.9. The van der Waals surface area contributed by atoms with Gasteiger partial charge in [-0.1, -0.05) is 0 Å². The number of halogens is 1. The highest BCUT2D eigenvalue weighted by atomic mass is 35.5. The standard InChI is InChI=1S/C17H27ClN4O2/c1-17(2,3)24-16(23)22-10-6-5-7-14(22)12-21(4)11-13-8-9-19-15(18)20-13/h8-9,14H,5-7,10-12H2,1-4H3. The van der Waals surface area contributed by atoms with Crippen molar-refractivity contribution in [3.05, 3.63) is 23.2 Å². The fraction of sp³-hybridized carbons (Fsp3) is 0.706. The summed E-state index contributed by atoms with van der Waals surface area (Å²) in [4.78, 5) is 24.6. The Hall–Kier alpha value is -1.40. The van der Waals surface area contributed by atoms with Gasteiger partial charge in [0, 0.05) is 31.9 Å². The number of nitrogens with zero attached hydrogens (tertiary/aromatic N) is 4. The molecule has 1 saturated heterocycles. The maximum atomic E-state index is 12.5. The Balaban J connectivity index is 1.96. The molecule has 2 heterocycles. The number of carbonyl (C=O) groups excluding carboxylic acids is 1.